The van der Waals surface area contributed by atoms with Gasteiger partial charge in [-0.3, -0.25) is 4.79 Å². The van der Waals surface area contributed by atoms with Crippen molar-refractivity contribution in [3.8, 4) is 11.5 Å². The van der Waals surface area contributed by atoms with Gasteiger partial charge in [-0.25, -0.2) is 0 Å². The number of amides is 1. The summed E-state index contributed by atoms with van der Waals surface area (Å²) in [6, 6.07) is 5.32. The average Bonchev–Trinajstić information content (AvgIpc) is 2.62. The number of carbonyl (C=O) groups excluding carboxylic acids is 1. The lowest BCUT2D eigenvalue weighted by molar-refractivity contribution is -0.121. The second-order valence-corrected chi connectivity index (χ2v) is 6.89. The first-order valence-corrected chi connectivity index (χ1v) is 9.40. The number of ether oxygens (including phenoxy) is 1. The molecule has 2 rings (SSSR count). The minimum Gasteiger partial charge on any atom is -0.504 e. The SMILES string of the molecule is CCC(=C[C@H]1CC[C@H](NC(=O)Cc2ccc(O)c(OC)c2)CC1)CC. The highest BCUT2D eigenvalue weighted by Gasteiger charge is 2.21. The van der Waals surface area contributed by atoms with E-state index in [4.69, 9.17) is 4.74 Å². The van der Waals surface area contributed by atoms with Crippen molar-refractivity contribution >= 4 is 5.91 Å². The molecule has 1 aromatic carbocycles. The van der Waals surface area contributed by atoms with Crippen LogP contribution in [-0.2, 0) is 11.2 Å². The number of benzene rings is 1. The first-order valence-electron chi connectivity index (χ1n) is 9.40. The molecule has 0 aromatic heterocycles. The first kappa shape index (κ1) is 19.4. The first-order chi connectivity index (χ1) is 12.0. The molecule has 2 N–H and O–H groups in total. The molecule has 0 atom stereocenters. The fourth-order valence-electron chi connectivity index (χ4n) is 3.55. The van der Waals surface area contributed by atoms with Crippen molar-refractivity contribution in [3.63, 3.8) is 0 Å². The fourth-order valence-corrected chi connectivity index (χ4v) is 3.55. The number of hydrogen-bond acceptors (Lipinski definition) is 3. The maximum atomic E-state index is 12.3. The Balaban J connectivity index is 1.81. The molecule has 0 spiro atoms. The highest BCUT2D eigenvalue weighted by molar-refractivity contribution is 5.79. The lowest BCUT2D eigenvalue weighted by Gasteiger charge is -2.28. The molecule has 25 heavy (non-hydrogen) atoms. The van der Waals surface area contributed by atoms with E-state index in [-0.39, 0.29) is 17.7 Å². The number of hydrogen-bond donors (Lipinski definition) is 2. The number of phenolic OH excluding ortho intramolecular Hbond substituents is 1. The normalized spacial score (nSPS) is 20.0. The topological polar surface area (TPSA) is 58.6 Å². The van der Waals surface area contributed by atoms with Gasteiger partial charge in [-0.2, -0.15) is 0 Å². The third-order valence-electron chi connectivity index (χ3n) is 5.13. The Morgan fingerprint density at radius 3 is 2.52 bits per heavy atom. The van der Waals surface area contributed by atoms with Crippen LogP contribution in [-0.4, -0.2) is 24.2 Å². The summed E-state index contributed by atoms with van der Waals surface area (Å²) in [5.74, 6) is 1.20. The van der Waals surface area contributed by atoms with Crippen LogP contribution in [0.5, 0.6) is 11.5 Å². The van der Waals surface area contributed by atoms with Crippen LogP contribution in [0.2, 0.25) is 0 Å². The predicted molar refractivity (Wildman–Crippen MR) is 101 cm³/mol. The molecule has 0 aliphatic heterocycles. The van der Waals surface area contributed by atoms with E-state index in [0.29, 0.717) is 18.1 Å². The van der Waals surface area contributed by atoms with Crippen molar-refractivity contribution < 1.29 is 14.6 Å². The Morgan fingerprint density at radius 1 is 1.24 bits per heavy atom. The number of rotatable bonds is 7. The van der Waals surface area contributed by atoms with E-state index in [0.717, 1.165) is 44.1 Å². The van der Waals surface area contributed by atoms with E-state index in [1.165, 1.54) is 7.11 Å². The van der Waals surface area contributed by atoms with Gasteiger partial charge in [0, 0.05) is 6.04 Å². The van der Waals surface area contributed by atoms with E-state index in [9.17, 15) is 9.90 Å². The average molecular weight is 345 g/mol. The van der Waals surface area contributed by atoms with Gasteiger partial charge in [-0.05, 0) is 62.1 Å². The lowest BCUT2D eigenvalue weighted by atomic mass is 9.84. The van der Waals surface area contributed by atoms with Gasteiger partial charge in [0.25, 0.3) is 0 Å². The highest BCUT2D eigenvalue weighted by atomic mass is 16.5. The highest BCUT2D eigenvalue weighted by Crippen LogP contribution is 2.28. The summed E-state index contributed by atoms with van der Waals surface area (Å²) in [6.45, 7) is 4.44. The van der Waals surface area contributed by atoms with Crippen LogP contribution < -0.4 is 10.1 Å². The molecule has 0 radical (unpaired) electrons. The van der Waals surface area contributed by atoms with Crippen molar-refractivity contribution in [1.29, 1.82) is 0 Å². The molecule has 0 heterocycles. The summed E-state index contributed by atoms with van der Waals surface area (Å²) >= 11 is 0. The number of phenols is 1. The van der Waals surface area contributed by atoms with Crippen LogP contribution in [0.15, 0.2) is 29.8 Å². The summed E-state index contributed by atoms with van der Waals surface area (Å²) in [6.07, 6.45) is 9.46. The molecule has 4 heteroatoms. The Labute approximate surface area is 151 Å². The number of allylic oxidation sites excluding steroid dienone is 2. The lowest BCUT2D eigenvalue weighted by Crippen LogP contribution is -2.38. The van der Waals surface area contributed by atoms with E-state index in [2.05, 4.69) is 25.2 Å². The van der Waals surface area contributed by atoms with Gasteiger partial charge in [0.1, 0.15) is 0 Å². The molecule has 1 aromatic rings. The summed E-state index contributed by atoms with van der Waals surface area (Å²) in [4.78, 5) is 12.3. The molecule has 1 aliphatic carbocycles. The minimum atomic E-state index is 0.0366. The van der Waals surface area contributed by atoms with E-state index in [1.807, 2.05) is 0 Å². The summed E-state index contributed by atoms with van der Waals surface area (Å²) in [7, 11) is 1.51. The number of methoxy groups -OCH3 is 1. The van der Waals surface area contributed by atoms with E-state index in [1.54, 1.807) is 23.8 Å². The molecule has 138 valence electrons. The van der Waals surface area contributed by atoms with E-state index >= 15 is 0 Å². The number of nitrogens with one attached hydrogen (secondary N) is 1. The van der Waals surface area contributed by atoms with Gasteiger partial charge in [-0.1, -0.05) is 31.6 Å². The zero-order chi connectivity index (χ0) is 18.2. The molecular weight excluding hydrogens is 314 g/mol. The van der Waals surface area contributed by atoms with Crippen molar-refractivity contribution in [2.45, 2.75) is 64.8 Å². The van der Waals surface area contributed by atoms with Crippen LogP contribution in [0.25, 0.3) is 0 Å². The molecule has 1 saturated carbocycles. The Bertz CT molecular complexity index is 595. The molecule has 4 nitrogen and oxygen atoms in total. The van der Waals surface area contributed by atoms with Gasteiger partial charge in [0.2, 0.25) is 5.91 Å². The zero-order valence-corrected chi connectivity index (χ0v) is 15.7. The quantitative estimate of drug-likeness (QED) is 0.722. The van der Waals surface area contributed by atoms with Crippen LogP contribution in [0.4, 0.5) is 0 Å². The third-order valence-corrected chi connectivity index (χ3v) is 5.13. The maximum absolute atomic E-state index is 12.3. The summed E-state index contributed by atoms with van der Waals surface area (Å²) in [5, 5.41) is 12.8. The van der Waals surface area contributed by atoms with Crippen LogP contribution in [0.3, 0.4) is 0 Å². The minimum absolute atomic E-state index is 0.0366. The monoisotopic (exact) mass is 345 g/mol. The zero-order valence-electron chi connectivity index (χ0n) is 15.7. The Kier molecular flexibility index (Phi) is 7.35. The molecule has 1 fully saturated rings. The maximum Gasteiger partial charge on any atom is 0.224 e. The van der Waals surface area contributed by atoms with Crippen LogP contribution >= 0.6 is 0 Å². The van der Waals surface area contributed by atoms with Crippen LogP contribution in [0.1, 0.15) is 57.9 Å². The molecule has 0 bridgehead atoms. The Hall–Kier alpha value is -1.97. The predicted octanol–water partition coefficient (Wildman–Crippen LogP) is 4.36. The summed E-state index contributed by atoms with van der Waals surface area (Å²) in [5.41, 5.74) is 2.40. The molecule has 0 unspecified atom stereocenters. The smallest absolute Gasteiger partial charge is 0.224 e. The molecule has 1 amide bonds. The number of aromatic hydroxyl groups is 1. The molecule has 1 aliphatic rings. The molecular formula is C21H31NO3. The summed E-state index contributed by atoms with van der Waals surface area (Å²) < 4.78 is 5.09. The van der Waals surface area contributed by atoms with Gasteiger partial charge < -0.3 is 15.2 Å². The van der Waals surface area contributed by atoms with Crippen LogP contribution in [0, 0.1) is 5.92 Å². The second-order valence-electron chi connectivity index (χ2n) is 6.89. The fraction of sp³-hybridized carbons (Fsp3) is 0.571. The third kappa shape index (κ3) is 5.80. The van der Waals surface area contributed by atoms with Gasteiger partial charge in [-0.15, -0.1) is 0 Å². The van der Waals surface area contributed by atoms with Crippen molar-refractivity contribution in [2.75, 3.05) is 7.11 Å². The van der Waals surface area contributed by atoms with Gasteiger partial charge in [0.05, 0.1) is 13.5 Å². The van der Waals surface area contributed by atoms with Gasteiger partial charge >= 0.3 is 0 Å². The Morgan fingerprint density at radius 2 is 1.92 bits per heavy atom. The van der Waals surface area contributed by atoms with Crippen molar-refractivity contribution in [2.24, 2.45) is 5.92 Å². The van der Waals surface area contributed by atoms with Gasteiger partial charge in [0.15, 0.2) is 11.5 Å². The number of carbonyl (C=O) groups is 1. The van der Waals surface area contributed by atoms with Crippen molar-refractivity contribution in [3.05, 3.63) is 35.4 Å². The van der Waals surface area contributed by atoms with Crippen molar-refractivity contribution in [1.82, 2.24) is 5.32 Å². The molecule has 0 saturated heterocycles. The van der Waals surface area contributed by atoms with E-state index < -0.39 is 0 Å². The second kappa shape index (κ2) is 9.50. The largest absolute Gasteiger partial charge is 0.504 e. The standard InChI is InChI=1S/C21H31NO3/c1-4-15(5-2)12-16-6-9-18(10-7-16)22-21(24)14-17-8-11-19(23)20(13-17)25-3/h8,11-13,16,18,23H,4-7,9-10,14H2,1-3H3,(H,22,24)/t16-,18-.